The van der Waals surface area contributed by atoms with Crippen molar-refractivity contribution in [3.05, 3.63) is 53.6 Å². The van der Waals surface area contributed by atoms with E-state index in [1.54, 1.807) is 18.2 Å². The number of carbonyl (C=O) groups is 2. The van der Waals surface area contributed by atoms with E-state index in [4.69, 9.17) is 14.2 Å². The molecular formula is C21H25NO5. The van der Waals surface area contributed by atoms with Crippen molar-refractivity contribution in [2.75, 3.05) is 26.1 Å². The van der Waals surface area contributed by atoms with Crippen LogP contribution in [0.15, 0.2) is 42.5 Å². The zero-order valence-corrected chi connectivity index (χ0v) is 16.1. The Balaban J connectivity index is 1.95. The fourth-order valence-corrected chi connectivity index (χ4v) is 2.58. The van der Waals surface area contributed by atoms with E-state index in [0.29, 0.717) is 17.4 Å². The predicted molar refractivity (Wildman–Crippen MR) is 104 cm³/mol. The first-order valence-electron chi connectivity index (χ1n) is 8.78. The summed E-state index contributed by atoms with van der Waals surface area (Å²) < 4.78 is 15.5. The van der Waals surface area contributed by atoms with Crippen LogP contribution in [0.4, 0.5) is 5.69 Å². The van der Waals surface area contributed by atoms with Crippen molar-refractivity contribution in [2.45, 2.75) is 26.2 Å². The van der Waals surface area contributed by atoms with Gasteiger partial charge in [0.25, 0.3) is 5.91 Å². The number of nitrogens with one attached hydrogen (secondary N) is 1. The van der Waals surface area contributed by atoms with Gasteiger partial charge in [0.15, 0.2) is 18.1 Å². The molecule has 0 unspecified atom stereocenters. The van der Waals surface area contributed by atoms with E-state index >= 15 is 0 Å². The van der Waals surface area contributed by atoms with Crippen molar-refractivity contribution in [1.29, 1.82) is 0 Å². The quantitative estimate of drug-likeness (QED) is 0.710. The average Bonchev–Trinajstić information content (AvgIpc) is 2.71. The van der Waals surface area contributed by atoms with E-state index in [2.05, 4.69) is 19.2 Å². The monoisotopic (exact) mass is 371 g/mol. The van der Waals surface area contributed by atoms with Crippen LogP contribution in [0.1, 0.15) is 42.1 Å². The fraction of sp³-hybridized carbons (Fsp3) is 0.333. The van der Waals surface area contributed by atoms with Crippen molar-refractivity contribution in [3.63, 3.8) is 0 Å². The molecule has 0 aliphatic rings. The summed E-state index contributed by atoms with van der Waals surface area (Å²) in [5.74, 6) is 0.0758. The normalized spacial score (nSPS) is 11.4. The Labute approximate surface area is 159 Å². The molecule has 0 bridgehead atoms. The molecule has 0 aliphatic carbocycles. The van der Waals surface area contributed by atoms with Crippen LogP contribution in [0.5, 0.6) is 11.5 Å². The third kappa shape index (κ3) is 5.23. The highest BCUT2D eigenvalue weighted by atomic mass is 16.5. The second-order valence-electron chi connectivity index (χ2n) is 6.10. The van der Waals surface area contributed by atoms with Crippen molar-refractivity contribution in [2.24, 2.45) is 0 Å². The molecule has 27 heavy (non-hydrogen) atoms. The molecular weight excluding hydrogens is 346 g/mol. The first-order valence-corrected chi connectivity index (χ1v) is 8.78. The van der Waals surface area contributed by atoms with Gasteiger partial charge in [0.2, 0.25) is 0 Å². The minimum atomic E-state index is -0.659. The number of anilines is 1. The van der Waals surface area contributed by atoms with E-state index in [-0.39, 0.29) is 11.3 Å². The maximum Gasteiger partial charge on any atom is 0.342 e. The van der Waals surface area contributed by atoms with Gasteiger partial charge in [0.05, 0.1) is 14.2 Å². The number of hydrogen-bond donors (Lipinski definition) is 1. The number of ether oxygens (including phenoxy) is 3. The largest absolute Gasteiger partial charge is 0.493 e. The van der Waals surface area contributed by atoms with Crippen molar-refractivity contribution >= 4 is 17.6 Å². The maximum atomic E-state index is 12.3. The third-order valence-electron chi connectivity index (χ3n) is 4.33. The smallest absolute Gasteiger partial charge is 0.342 e. The minimum Gasteiger partial charge on any atom is -0.493 e. The third-order valence-corrected chi connectivity index (χ3v) is 4.33. The molecule has 1 amide bonds. The number of hydrogen-bond acceptors (Lipinski definition) is 5. The van der Waals surface area contributed by atoms with E-state index in [0.717, 1.165) is 6.42 Å². The highest BCUT2D eigenvalue weighted by Crippen LogP contribution is 2.31. The number of amides is 1. The summed E-state index contributed by atoms with van der Waals surface area (Å²) in [7, 11) is 2.91. The van der Waals surface area contributed by atoms with E-state index < -0.39 is 18.5 Å². The number of carbonyl (C=O) groups excluding carboxylic acids is 2. The summed E-state index contributed by atoms with van der Waals surface area (Å²) in [6.45, 7) is 3.89. The van der Waals surface area contributed by atoms with Crippen molar-refractivity contribution in [1.82, 2.24) is 0 Å². The summed E-state index contributed by atoms with van der Waals surface area (Å²) in [6.07, 6.45) is 1.05. The molecule has 2 aromatic carbocycles. The van der Waals surface area contributed by atoms with Gasteiger partial charge < -0.3 is 19.5 Å². The Hall–Kier alpha value is -3.02. The Morgan fingerprint density at radius 2 is 1.74 bits per heavy atom. The van der Waals surface area contributed by atoms with Gasteiger partial charge in [-0.15, -0.1) is 0 Å². The summed E-state index contributed by atoms with van der Waals surface area (Å²) >= 11 is 0. The molecule has 0 aliphatic heterocycles. The van der Waals surface area contributed by atoms with E-state index in [9.17, 15) is 9.59 Å². The van der Waals surface area contributed by atoms with E-state index in [1.165, 1.54) is 19.8 Å². The lowest BCUT2D eigenvalue weighted by Gasteiger charge is -2.12. The maximum absolute atomic E-state index is 12.3. The van der Waals surface area contributed by atoms with Crippen LogP contribution in [0, 0.1) is 0 Å². The van der Waals surface area contributed by atoms with Gasteiger partial charge in [0.1, 0.15) is 5.56 Å². The van der Waals surface area contributed by atoms with Crippen LogP contribution in [0.25, 0.3) is 0 Å². The fourth-order valence-electron chi connectivity index (χ4n) is 2.58. The molecule has 0 saturated heterocycles. The topological polar surface area (TPSA) is 73.9 Å². The molecule has 1 N–H and O–H groups in total. The number of para-hydroxylation sites is 1. The molecule has 0 spiro atoms. The Morgan fingerprint density at radius 1 is 1.04 bits per heavy atom. The summed E-state index contributed by atoms with van der Waals surface area (Å²) in [6, 6.07) is 12.5. The molecule has 0 radical (unpaired) electrons. The first kappa shape index (κ1) is 20.3. The lowest BCUT2D eigenvalue weighted by atomic mass is 9.99. The van der Waals surface area contributed by atoms with Crippen LogP contribution >= 0.6 is 0 Å². The van der Waals surface area contributed by atoms with E-state index in [1.807, 2.05) is 24.3 Å². The number of benzene rings is 2. The second kappa shape index (κ2) is 9.62. The van der Waals surface area contributed by atoms with Crippen LogP contribution in [-0.2, 0) is 9.53 Å². The highest BCUT2D eigenvalue weighted by Gasteiger charge is 2.18. The minimum absolute atomic E-state index is 0.197. The van der Waals surface area contributed by atoms with Crippen LogP contribution in [0.2, 0.25) is 0 Å². The zero-order chi connectivity index (χ0) is 19.8. The molecule has 1 atom stereocenters. The number of esters is 1. The number of methoxy groups -OCH3 is 2. The second-order valence-corrected chi connectivity index (χ2v) is 6.10. The molecule has 6 heteroatoms. The Morgan fingerprint density at radius 3 is 2.33 bits per heavy atom. The SMILES string of the molecule is CC[C@@H](C)c1ccc(NC(=O)COC(=O)c2cccc(OC)c2OC)cc1. The van der Waals surface area contributed by atoms with Gasteiger partial charge in [0, 0.05) is 5.69 Å². The van der Waals surface area contributed by atoms with Crippen LogP contribution in [0.3, 0.4) is 0 Å². The molecule has 2 aromatic rings. The number of rotatable bonds is 8. The molecule has 0 fully saturated rings. The van der Waals surface area contributed by atoms with Crippen molar-refractivity contribution < 1.29 is 23.8 Å². The summed E-state index contributed by atoms with van der Waals surface area (Å²) in [4.78, 5) is 24.3. The Bertz CT molecular complexity index is 786. The highest BCUT2D eigenvalue weighted by molar-refractivity contribution is 5.97. The standard InChI is InChI=1S/C21H25NO5/c1-5-14(2)15-9-11-16(12-10-15)22-19(23)13-27-21(24)17-7-6-8-18(25-3)20(17)26-4/h6-12,14H,5,13H2,1-4H3,(H,22,23)/t14-/m1/s1. The van der Waals surface area contributed by atoms with Crippen LogP contribution in [-0.4, -0.2) is 32.7 Å². The molecule has 144 valence electrons. The average molecular weight is 371 g/mol. The molecule has 2 rings (SSSR count). The molecule has 0 aromatic heterocycles. The Kier molecular flexibility index (Phi) is 7.23. The summed E-state index contributed by atoms with van der Waals surface area (Å²) in [5.41, 5.74) is 2.07. The van der Waals surface area contributed by atoms with Crippen molar-refractivity contribution in [3.8, 4) is 11.5 Å². The van der Waals surface area contributed by atoms with Crippen LogP contribution < -0.4 is 14.8 Å². The zero-order valence-electron chi connectivity index (χ0n) is 16.1. The predicted octanol–water partition coefficient (Wildman–Crippen LogP) is 4.01. The first-order chi connectivity index (χ1) is 13.0. The molecule has 6 nitrogen and oxygen atoms in total. The van der Waals surface area contributed by atoms with Gasteiger partial charge in [-0.2, -0.15) is 0 Å². The van der Waals surface area contributed by atoms with Gasteiger partial charge in [-0.1, -0.05) is 32.0 Å². The lowest BCUT2D eigenvalue weighted by Crippen LogP contribution is -2.21. The van der Waals surface area contributed by atoms with Gasteiger partial charge in [-0.05, 0) is 42.2 Å². The summed E-state index contributed by atoms with van der Waals surface area (Å²) in [5, 5.41) is 2.71. The van der Waals surface area contributed by atoms with Gasteiger partial charge in [-0.3, -0.25) is 4.79 Å². The van der Waals surface area contributed by atoms with Gasteiger partial charge >= 0.3 is 5.97 Å². The molecule has 0 heterocycles. The van der Waals surface area contributed by atoms with Gasteiger partial charge in [-0.25, -0.2) is 4.79 Å². The lowest BCUT2D eigenvalue weighted by molar-refractivity contribution is -0.119. The molecule has 0 saturated carbocycles.